The van der Waals surface area contributed by atoms with Crippen LogP contribution in [0, 0.1) is 11.3 Å². The number of fused-ring (bicyclic) bond motifs is 1. The fraction of sp³-hybridized carbons (Fsp3) is 0.0588. The number of carbonyl (C=O) groups is 3. The highest BCUT2D eigenvalue weighted by Crippen LogP contribution is 2.26. The largest absolute Gasteiger partial charge is 0.507 e. The van der Waals surface area contributed by atoms with Gasteiger partial charge < -0.3 is 10.4 Å². The summed E-state index contributed by atoms with van der Waals surface area (Å²) < 4.78 is 0. The third kappa shape index (κ3) is 2.46. The fourth-order valence-corrected chi connectivity index (χ4v) is 2.45. The van der Waals surface area contributed by atoms with Crippen LogP contribution >= 0.6 is 0 Å². The number of para-hydroxylation sites is 1. The summed E-state index contributed by atoms with van der Waals surface area (Å²) in [4.78, 5) is 37.2. The molecule has 2 aromatic carbocycles. The lowest BCUT2D eigenvalue weighted by molar-refractivity contribution is 0.0673. The van der Waals surface area contributed by atoms with E-state index in [0.29, 0.717) is 5.69 Å². The van der Waals surface area contributed by atoms with Gasteiger partial charge in [0.15, 0.2) is 0 Å². The van der Waals surface area contributed by atoms with Crippen LogP contribution in [-0.4, -0.2) is 34.3 Å². The van der Waals surface area contributed by atoms with Crippen molar-refractivity contribution in [2.45, 2.75) is 0 Å². The first-order chi connectivity index (χ1) is 11.5. The number of phenols is 1. The molecule has 2 aromatic rings. The Morgan fingerprint density at radius 1 is 1.12 bits per heavy atom. The van der Waals surface area contributed by atoms with Gasteiger partial charge in [-0.3, -0.25) is 19.3 Å². The summed E-state index contributed by atoms with van der Waals surface area (Å²) in [5.41, 5.74) is 0.717. The molecule has 7 nitrogen and oxygen atoms in total. The standard InChI is InChI=1S/C17H11N3O4/c18-7-8-20-16(23)11-6-5-10(9-13(11)17(20)24)19-15(22)12-3-1-2-4-14(12)21/h1-6,9,21H,8H2,(H,19,22). The van der Waals surface area contributed by atoms with E-state index in [9.17, 15) is 19.5 Å². The maximum absolute atomic E-state index is 12.2. The Bertz CT molecular complexity index is 914. The second-order valence-corrected chi connectivity index (χ2v) is 5.09. The Morgan fingerprint density at radius 2 is 1.83 bits per heavy atom. The molecule has 0 unspecified atom stereocenters. The van der Waals surface area contributed by atoms with Crippen LogP contribution in [-0.2, 0) is 0 Å². The fourth-order valence-electron chi connectivity index (χ4n) is 2.45. The number of phenolic OH excluding ortho intramolecular Hbond substituents is 1. The number of nitrogens with zero attached hydrogens (tertiary/aromatic N) is 2. The average Bonchev–Trinajstić information content (AvgIpc) is 2.80. The number of nitriles is 1. The first-order valence-corrected chi connectivity index (χ1v) is 6.99. The lowest BCUT2D eigenvalue weighted by Crippen LogP contribution is -2.29. The second kappa shape index (κ2) is 5.85. The molecule has 1 aliphatic rings. The topological polar surface area (TPSA) is 110 Å². The molecule has 24 heavy (non-hydrogen) atoms. The Morgan fingerprint density at radius 3 is 2.54 bits per heavy atom. The van der Waals surface area contributed by atoms with E-state index in [1.54, 1.807) is 18.2 Å². The summed E-state index contributed by atoms with van der Waals surface area (Å²) in [6.45, 7) is -0.327. The van der Waals surface area contributed by atoms with Crippen molar-refractivity contribution in [1.29, 1.82) is 5.26 Å². The molecule has 0 aliphatic carbocycles. The summed E-state index contributed by atoms with van der Waals surface area (Å²) in [6.07, 6.45) is 0. The molecule has 0 bridgehead atoms. The predicted molar refractivity (Wildman–Crippen MR) is 83.5 cm³/mol. The van der Waals surface area contributed by atoms with E-state index in [-0.39, 0.29) is 29.0 Å². The molecule has 7 heteroatoms. The van der Waals surface area contributed by atoms with Gasteiger partial charge in [0.2, 0.25) is 0 Å². The van der Waals surface area contributed by atoms with E-state index in [2.05, 4.69) is 5.32 Å². The zero-order valence-electron chi connectivity index (χ0n) is 12.3. The molecule has 0 saturated heterocycles. The minimum absolute atomic E-state index is 0.0894. The normalized spacial score (nSPS) is 12.7. The lowest BCUT2D eigenvalue weighted by Gasteiger charge is -2.07. The number of rotatable bonds is 3. The first kappa shape index (κ1) is 15.2. The van der Waals surface area contributed by atoms with Crippen LogP contribution in [0.25, 0.3) is 0 Å². The van der Waals surface area contributed by atoms with Crippen LogP contribution in [0.4, 0.5) is 5.69 Å². The molecule has 0 saturated carbocycles. The van der Waals surface area contributed by atoms with Gasteiger partial charge in [-0.1, -0.05) is 12.1 Å². The van der Waals surface area contributed by atoms with Crippen molar-refractivity contribution in [2.75, 3.05) is 11.9 Å². The highest BCUT2D eigenvalue weighted by Gasteiger charge is 2.35. The Labute approximate surface area is 136 Å². The smallest absolute Gasteiger partial charge is 0.262 e. The van der Waals surface area contributed by atoms with Gasteiger partial charge in [0.1, 0.15) is 12.3 Å². The van der Waals surface area contributed by atoms with Crippen LogP contribution in [0.5, 0.6) is 5.75 Å². The van der Waals surface area contributed by atoms with Gasteiger partial charge in [-0.2, -0.15) is 5.26 Å². The Kier molecular flexibility index (Phi) is 3.72. The van der Waals surface area contributed by atoms with Crippen LogP contribution in [0.2, 0.25) is 0 Å². The Balaban J connectivity index is 1.88. The quantitative estimate of drug-likeness (QED) is 0.661. The highest BCUT2D eigenvalue weighted by molar-refractivity contribution is 6.22. The van der Waals surface area contributed by atoms with Gasteiger partial charge in [-0.25, -0.2) is 0 Å². The number of benzene rings is 2. The van der Waals surface area contributed by atoms with E-state index in [0.717, 1.165) is 4.90 Å². The minimum Gasteiger partial charge on any atom is -0.507 e. The molecular formula is C17H11N3O4. The lowest BCUT2D eigenvalue weighted by atomic mass is 10.1. The van der Waals surface area contributed by atoms with Crippen molar-refractivity contribution in [2.24, 2.45) is 0 Å². The molecule has 3 rings (SSSR count). The van der Waals surface area contributed by atoms with Crippen molar-refractivity contribution < 1.29 is 19.5 Å². The maximum atomic E-state index is 12.2. The number of amides is 3. The minimum atomic E-state index is -0.574. The summed E-state index contributed by atoms with van der Waals surface area (Å²) in [5, 5.41) is 20.9. The molecule has 2 N–H and O–H groups in total. The number of nitrogens with one attached hydrogen (secondary N) is 1. The van der Waals surface area contributed by atoms with Crippen molar-refractivity contribution in [3.05, 3.63) is 59.2 Å². The highest BCUT2D eigenvalue weighted by atomic mass is 16.3. The number of anilines is 1. The van der Waals surface area contributed by atoms with Gasteiger partial charge in [0, 0.05) is 5.69 Å². The summed E-state index contributed by atoms with van der Waals surface area (Å²) >= 11 is 0. The van der Waals surface area contributed by atoms with Gasteiger partial charge in [-0.15, -0.1) is 0 Å². The van der Waals surface area contributed by atoms with Gasteiger partial charge in [-0.05, 0) is 30.3 Å². The molecule has 3 amide bonds. The van der Waals surface area contributed by atoms with Gasteiger partial charge in [0.05, 0.1) is 22.8 Å². The first-order valence-electron chi connectivity index (χ1n) is 6.99. The SMILES string of the molecule is N#CCN1C(=O)c2ccc(NC(=O)c3ccccc3O)cc2C1=O. The predicted octanol–water partition coefficient (Wildman–Crippen LogP) is 1.76. The second-order valence-electron chi connectivity index (χ2n) is 5.09. The summed E-state index contributed by atoms with van der Waals surface area (Å²) in [7, 11) is 0. The van der Waals surface area contributed by atoms with E-state index in [1.807, 2.05) is 0 Å². The summed E-state index contributed by atoms with van der Waals surface area (Å²) in [5.74, 6) is -1.81. The van der Waals surface area contributed by atoms with Crippen molar-refractivity contribution >= 4 is 23.4 Å². The number of aromatic hydroxyl groups is 1. The molecule has 1 heterocycles. The van der Waals surface area contributed by atoms with E-state index < -0.39 is 17.7 Å². The number of hydrogen-bond acceptors (Lipinski definition) is 5. The van der Waals surface area contributed by atoms with Crippen LogP contribution in [0.1, 0.15) is 31.1 Å². The molecule has 118 valence electrons. The third-order valence-corrected chi connectivity index (χ3v) is 3.61. The van der Waals surface area contributed by atoms with Gasteiger partial charge >= 0.3 is 0 Å². The van der Waals surface area contributed by atoms with Crippen molar-refractivity contribution in [3.63, 3.8) is 0 Å². The zero-order valence-corrected chi connectivity index (χ0v) is 12.3. The molecule has 1 aliphatic heterocycles. The van der Waals surface area contributed by atoms with E-state index in [1.165, 1.54) is 30.3 Å². The molecule has 0 aromatic heterocycles. The van der Waals surface area contributed by atoms with Crippen molar-refractivity contribution in [3.8, 4) is 11.8 Å². The molecule has 0 atom stereocenters. The van der Waals surface area contributed by atoms with E-state index >= 15 is 0 Å². The summed E-state index contributed by atoms with van der Waals surface area (Å²) in [6, 6.07) is 12.1. The van der Waals surface area contributed by atoms with E-state index in [4.69, 9.17) is 5.26 Å². The third-order valence-electron chi connectivity index (χ3n) is 3.61. The zero-order chi connectivity index (χ0) is 17.3. The monoisotopic (exact) mass is 321 g/mol. The molecular weight excluding hydrogens is 310 g/mol. The van der Waals surface area contributed by atoms with Crippen LogP contribution < -0.4 is 5.32 Å². The van der Waals surface area contributed by atoms with Gasteiger partial charge in [0.25, 0.3) is 17.7 Å². The van der Waals surface area contributed by atoms with Crippen LogP contribution in [0.15, 0.2) is 42.5 Å². The average molecular weight is 321 g/mol. The number of imide groups is 1. The molecule has 0 radical (unpaired) electrons. The van der Waals surface area contributed by atoms with Crippen LogP contribution in [0.3, 0.4) is 0 Å². The number of carbonyl (C=O) groups excluding carboxylic acids is 3. The maximum Gasteiger partial charge on any atom is 0.262 e. The molecule has 0 spiro atoms. The Hall–Kier alpha value is -3.66. The van der Waals surface area contributed by atoms with Crippen molar-refractivity contribution in [1.82, 2.24) is 4.90 Å². The number of hydrogen-bond donors (Lipinski definition) is 2. The molecule has 0 fully saturated rings.